The van der Waals surface area contributed by atoms with E-state index in [9.17, 15) is 0 Å². The van der Waals surface area contributed by atoms with Crippen molar-refractivity contribution in [2.75, 3.05) is 6.54 Å². The van der Waals surface area contributed by atoms with Crippen LogP contribution in [-0.4, -0.2) is 12.3 Å². The Morgan fingerprint density at radius 2 is 2.08 bits per heavy atom. The maximum Gasteiger partial charge on any atom is 0.0427 e. The van der Waals surface area contributed by atoms with E-state index < -0.39 is 0 Å². The molecule has 0 spiro atoms. The second-order valence-electron chi connectivity index (χ2n) is 3.77. The smallest absolute Gasteiger partial charge is 0.0427 e. The maximum atomic E-state index is 4.60. The Kier molecular flexibility index (Phi) is 4.81. The maximum absolute atomic E-state index is 4.60. The molecule has 1 rings (SSSR count). The van der Waals surface area contributed by atoms with Gasteiger partial charge in [-0.25, -0.2) is 0 Å². The highest BCUT2D eigenvalue weighted by Crippen LogP contribution is 2.18. The van der Waals surface area contributed by atoms with Crippen LogP contribution in [0.15, 0.2) is 17.1 Å². The van der Waals surface area contributed by atoms with Gasteiger partial charge in [-0.1, -0.05) is 32.8 Å². The van der Waals surface area contributed by atoms with Gasteiger partial charge >= 0.3 is 0 Å². The highest BCUT2D eigenvalue weighted by molar-refractivity contribution is 5.97. The summed E-state index contributed by atoms with van der Waals surface area (Å²) in [6.45, 7) is 5.53. The molecule has 0 amide bonds. The van der Waals surface area contributed by atoms with Crippen molar-refractivity contribution in [3.63, 3.8) is 0 Å². The SMILES string of the molecule is CCCC(CCC)C1=NCCC=C1.[HH]. The van der Waals surface area contributed by atoms with Crippen molar-refractivity contribution in [2.45, 2.75) is 46.0 Å². The molecule has 0 aliphatic carbocycles. The highest BCUT2D eigenvalue weighted by Gasteiger charge is 2.12. The van der Waals surface area contributed by atoms with Gasteiger partial charge in [0.1, 0.15) is 0 Å². The first-order chi connectivity index (χ1) is 6.38. The lowest BCUT2D eigenvalue weighted by Crippen LogP contribution is -2.14. The van der Waals surface area contributed by atoms with Crippen LogP contribution >= 0.6 is 0 Å². The molecular formula is C12H23N. The number of rotatable bonds is 5. The Morgan fingerprint density at radius 3 is 2.54 bits per heavy atom. The van der Waals surface area contributed by atoms with E-state index in [1.165, 1.54) is 31.4 Å². The van der Waals surface area contributed by atoms with E-state index in [4.69, 9.17) is 0 Å². The van der Waals surface area contributed by atoms with Crippen LogP contribution in [0.2, 0.25) is 0 Å². The lowest BCUT2D eigenvalue weighted by atomic mass is 9.92. The third-order valence-corrected chi connectivity index (χ3v) is 2.57. The molecule has 1 aliphatic rings. The second-order valence-corrected chi connectivity index (χ2v) is 3.77. The van der Waals surface area contributed by atoms with Crippen LogP contribution in [0.4, 0.5) is 0 Å². The van der Waals surface area contributed by atoms with E-state index in [1.54, 1.807) is 0 Å². The molecule has 0 aromatic rings. The number of allylic oxidation sites excluding steroid dienone is 1. The van der Waals surface area contributed by atoms with Gasteiger partial charge in [0.15, 0.2) is 0 Å². The standard InChI is InChI=1S/C12H21N.H2/c1-3-7-11(8-4-2)12-9-5-6-10-13-12;/h5,9,11H,3-4,6-8,10H2,1-2H3;1H. The predicted molar refractivity (Wildman–Crippen MR) is 61.5 cm³/mol. The molecule has 13 heavy (non-hydrogen) atoms. The normalized spacial score (nSPS) is 16.4. The Labute approximate surface area is 83.4 Å². The van der Waals surface area contributed by atoms with E-state index in [-0.39, 0.29) is 1.43 Å². The molecule has 0 aromatic heterocycles. The number of nitrogens with zero attached hydrogens (tertiary/aromatic N) is 1. The average molecular weight is 181 g/mol. The van der Waals surface area contributed by atoms with Gasteiger partial charge in [0.05, 0.1) is 0 Å². The molecule has 1 aliphatic heterocycles. The van der Waals surface area contributed by atoms with Gasteiger partial charge in [-0.3, -0.25) is 4.99 Å². The van der Waals surface area contributed by atoms with E-state index in [1.807, 2.05) is 0 Å². The van der Waals surface area contributed by atoms with Gasteiger partial charge in [-0.2, -0.15) is 0 Å². The summed E-state index contributed by atoms with van der Waals surface area (Å²) in [4.78, 5) is 4.60. The van der Waals surface area contributed by atoms with Crippen molar-refractivity contribution in [1.82, 2.24) is 0 Å². The van der Waals surface area contributed by atoms with Gasteiger partial charge in [-0.05, 0) is 25.3 Å². The van der Waals surface area contributed by atoms with E-state index in [2.05, 4.69) is 31.0 Å². The summed E-state index contributed by atoms with van der Waals surface area (Å²) in [6.07, 6.45) is 10.8. The lowest BCUT2D eigenvalue weighted by molar-refractivity contribution is 0.557. The van der Waals surface area contributed by atoms with E-state index in [0.29, 0.717) is 0 Å². The zero-order chi connectivity index (χ0) is 9.52. The minimum atomic E-state index is 0. The number of hydrogen-bond acceptors (Lipinski definition) is 1. The molecular weight excluding hydrogens is 158 g/mol. The number of dihydropyridines is 1. The lowest BCUT2D eigenvalue weighted by Gasteiger charge is -2.17. The van der Waals surface area contributed by atoms with Crippen LogP contribution in [0.1, 0.15) is 47.4 Å². The van der Waals surface area contributed by atoms with Crippen molar-refractivity contribution in [3.8, 4) is 0 Å². The monoisotopic (exact) mass is 181 g/mol. The Morgan fingerprint density at radius 1 is 1.38 bits per heavy atom. The van der Waals surface area contributed by atoms with Crippen LogP contribution in [-0.2, 0) is 0 Å². The van der Waals surface area contributed by atoms with Crippen molar-refractivity contribution in [1.29, 1.82) is 0 Å². The molecule has 0 aromatic carbocycles. The molecule has 0 bridgehead atoms. The highest BCUT2D eigenvalue weighted by atomic mass is 14.7. The van der Waals surface area contributed by atoms with E-state index >= 15 is 0 Å². The Hall–Kier alpha value is -0.590. The molecule has 0 fully saturated rings. The molecule has 0 radical (unpaired) electrons. The van der Waals surface area contributed by atoms with Gasteiger partial charge in [0.2, 0.25) is 0 Å². The van der Waals surface area contributed by atoms with Crippen LogP contribution in [0.3, 0.4) is 0 Å². The zero-order valence-electron chi connectivity index (χ0n) is 8.92. The molecule has 0 saturated heterocycles. The topological polar surface area (TPSA) is 12.4 Å². The molecule has 1 nitrogen and oxygen atoms in total. The Balaban J connectivity index is 0.00000169. The molecule has 0 atom stereocenters. The van der Waals surface area contributed by atoms with Crippen LogP contribution < -0.4 is 0 Å². The van der Waals surface area contributed by atoms with Gasteiger partial charge in [0.25, 0.3) is 0 Å². The van der Waals surface area contributed by atoms with Gasteiger partial charge in [-0.15, -0.1) is 0 Å². The fourth-order valence-corrected chi connectivity index (χ4v) is 1.93. The first kappa shape index (κ1) is 10.5. The summed E-state index contributed by atoms with van der Waals surface area (Å²) in [5.41, 5.74) is 1.36. The van der Waals surface area contributed by atoms with Crippen LogP contribution in [0, 0.1) is 5.92 Å². The summed E-state index contributed by atoms with van der Waals surface area (Å²) in [6, 6.07) is 0. The minimum absolute atomic E-state index is 0. The predicted octanol–water partition coefficient (Wildman–Crippen LogP) is 3.85. The van der Waals surface area contributed by atoms with Crippen LogP contribution in [0.25, 0.3) is 0 Å². The molecule has 1 heteroatoms. The van der Waals surface area contributed by atoms with Crippen molar-refractivity contribution in [3.05, 3.63) is 12.2 Å². The second kappa shape index (κ2) is 5.95. The number of hydrogen-bond donors (Lipinski definition) is 0. The summed E-state index contributed by atoms with van der Waals surface area (Å²) in [5.74, 6) is 0.728. The fourth-order valence-electron chi connectivity index (χ4n) is 1.93. The largest absolute Gasteiger partial charge is 0.289 e. The van der Waals surface area contributed by atoms with Crippen molar-refractivity contribution >= 4 is 5.71 Å². The summed E-state index contributed by atoms with van der Waals surface area (Å²) in [5, 5.41) is 0. The Bertz CT molecular complexity index is 190. The van der Waals surface area contributed by atoms with Crippen molar-refractivity contribution < 1.29 is 1.43 Å². The molecule has 0 saturated carbocycles. The van der Waals surface area contributed by atoms with Gasteiger partial charge in [0, 0.05) is 19.6 Å². The first-order valence-corrected chi connectivity index (χ1v) is 5.59. The van der Waals surface area contributed by atoms with Crippen molar-refractivity contribution in [2.24, 2.45) is 10.9 Å². The average Bonchev–Trinajstić information content (AvgIpc) is 2.19. The summed E-state index contributed by atoms with van der Waals surface area (Å²) < 4.78 is 0. The quantitative estimate of drug-likeness (QED) is 0.611. The first-order valence-electron chi connectivity index (χ1n) is 5.59. The molecule has 0 unspecified atom stereocenters. The zero-order valence-corrected chi connectivity index (χ0v) is 8.92. The fraction of sp³-hybridized carbons (Fsp3) is 0.750. The number of aliphatic imine (C=N–C) groups is 1. The third kappa shape index (κ3) is 3.33. The molecule has 76 valence electrons. The minimum Gasteiger partial charge on any atom is -0.289 e. The molecule has 1 heterocycles. The molecule has 0 N–H and O–H groups in total. The third-order valence-electron chi connectivity index (χ3n) is 2.57. The van der Waals surface area contributed by atoms with E-state index in [0.717, 1.165) is 18.9 Å². The summed E-state index contributed by atoms with van der Waals surface area (Å²) in [7, 11) is 0. The van der Waals surface area contributed by atoms with Gasteiger partial charge < -0.3 is 0 Å². The summed E-state index contributed by atoms with van der Waals surface area (Å²) >= 11 is 0. The van der Waals surface area contributed by atoms with Crippen LogP contribution in [0.5, 0.6) is 0 Å².